The van der Waals surface area contributed by atoms with E-state index in [1.54, 1.807) is 13.8 Å². The van der Waals surface area contributed by atoms with Crippen molar-refractivity contribution in [3.8, 4) is 12.1 Å². The van der Waals surface area contributed by atoms with Crippen molar-refractivity contribution in [1.82, 2.24) is 0 Å². The largest absolute Gasteiger partial charge is 0.193 e. The Morgan fingerprint density at radius 1 is 0.625 bits per heavy atom. The summed E-state index contributed by atoms with van der Waals surface area (Å²) in [5.41, 5.74) is 5.64. The van der Waals surface area contributed by atoms with Crippen molar-refractivity contribution in [3.05, 3.63) is 81.9 Å². The van der Waals surface area contributed by atoms with Crippen LogP contribution in [-0.2, 0) is 0 Å². The molecule has 0 bridgehead atoms. The fourth-order valence-corrected chi connectivity index (χ4v) is 2.16. The van der Waals surface area contributed by atoms with Crippen LogP contribution in [0.4, 0.5) is 0 Å². The van der Waals surface area contributed by atoms with E-state index in [2.05, 4.69) is 24.3 Å². The molecule has 24 heavy (non-hydrogen) atoms. The molecule has 0 amide bonds. The van der Waals surface area contributed by atoms with Gasteiger partial charge in [0.2, 0.25) is 0 Å². The first kappa shape index (κ1) is 17.0. The van der Waals surface area contributed by atoms with Crippen LogP contribution in [0.25, 0.3) is 24.3 Å². The SMILES string of the molecule is C/C(C#N)=C/c1ccc(/C=C/c2ccc(/C=C(/C)C#N)cc2)cc1. The van der Waals surface area contributed by atoms with Gasteiger partial charge in [-0.05, 0) is 48.3 Å². The van der Waals surface area contributed by atoms with E-state index in [1.807, 2.05) is 60.7 Å². The van der Waals surface area contributed by atoms with Gasteiger partial charge in [-0.25, -0.2) is 0 Å². The molecule has 0 saturated heterocycles. The van der Waals surface area contributed by atoms with Crippen LogP contribution in [0, 0.1) is 22.7 Å². The third kappa shape index (κ3) is 5.13. The fourth-order valence-electron chi connectivity index (χ4n) is 2.16. The molecule has 0 unspecified atom stereocenters. The molecular weight excluding hydrogens is 292 g/mol. The number of hydrogen-bond acceptors (Lipinski definition) is 2. The van der Waals surface area contributed by atoms with Crippen LogP contribution in [0.2, 0.25) is 0 Å². The Balaban J connectivity index is 2.08. The Hall–Kier alpha value is -3.36. The summed E-state index contributed by atoms with van der Waals surface area (Å²) in [7, 11) is 0. The van der Waals surface area contributed by atoms with Gasteiger partial charge in [0.25, 0.3) is 0 Å². The molecule has 0 fully saturated rings. The first-order valence-electron chi connectivity index (χ1n) is 7.66. The lowest BCUT2D eigenvalue weighted by molar-refractivity contribution is 1.46. The number of hydrogen-bond donors (Lipinski definition) is 0. The van der Waals surface area contributed by atoms with Gasteiger partial charge in [-0.1, -0.05) is 60.7 Å². The van der Waals surface area contributed by atoms with Crippen molar-refractivity contribution < 1.29 is 0 Å². The molecule has 2 rings (SSSR count). The number of benzene rings is 2. The van der Waals surface area contributed by atoms with Crippen molar-refractivity contribution in [2.75, 3.05) is 0 Å². The lowest BCUT2D eigenvalue weighted by atomic mass is 10.1. The Bertz CT molecular complexity index is 790. The monoisotopic (exact) mass is 310 g/mol. The van der Waals surface area contributed by atoms with Gasteiger partial charge in [0.15, 0.2) is 0 Å². The summed E-state index contributed by atoms with van der Waals surface area (Å²) < 4.78 is 0. The van der Waals surface area contributed by atoms with Gasteiger partial charge < -0.3 is 0 Å². The van der Waals surface area contributed by atoms with Crippen LogP contribution >= 0.6 is 0 Å². The molecule has 0 radical (unpaired) electrons. The Labute approximate surface area is 143 Å². The maximum atomic E-state index is 8.79. The number of nitrogens with zero attached hydrogens (tertiary/aromatic N) is 2. The van der Waals surface area contributed by atoms with Crippen molar-refractivity contribution in [2.24, 2.45) is 0 Å². The maximum absolute atomic E-state index is 8.79. The number of allylic oxidation sites excluding steroid dienone is 2. The van der Waals surface area contributed by atoms with Crippen molar-refractivity contribution >= 4 is 24.3 Å². The second-order valence-electron chi connectivity index (χ2n) is 5.54. The Kier molecular flexibility index (Phi) is 5.89. The van der Waals surface area contributed by atoms with Crippen molar-refractivity contribution in [3.63, 3.8) is 0 Å². The highest BCUT2D eigenvalue weighted by Crippen LogP contribution is 2.14. The van der Waals surface area contributed by atoms with Crippen molar-refractivity contribution in [2.45, 2.75) is 13.8 Å². The molecule has 0 aliphatic heterocycles. The van der Waals surface area contributed by atoms with Crippen LogP contribution in [0.15, 0.2) is 59.7 Å². The second kappa shape index (κ2) is 8.32. The number of nitriles is 2. The summed E-state index contributed by atoms with van der Waals surface area (Å²) in [5.74, 6) is 0. The van der Waals surface area contributed by atoms with Gasteiger partial charge >= 0.3 is 0 Å². The summed E-state index contributed by atoms with van der Waals surface area (Å²) in [6, 6.07) is 20.3. The predicted octanol–water partition coefficient (Wildman–Crippen LogP) is 5.71. The summed E-state index contributed by atoms with van der Waals surface area (Å²) >= 11 is 0. The smallest absolute Gasteiger partial charge is 0.0944 e. The Morgan fingerprint density at radius 2 is 0.917 bits per heavy atom. The van der Waals surface area contributed by atoms with Crippen LogP contribution < -0.4 is 0 Å². The first-order chi connectivity index (χ1) is 11.6. The minimum absolute atomic E-state index is 0.694. The third-order valence-corrected chi connectivity index (χ3v) is 3.46. The second-order valence-corrected chi connectivity index (χ2v) is 5.54. The highest BCUT2D eigenvalue weighted by molar-refractivity contribution is 5.71. The molecule has 0 aliphatic carbocycles. The predicted molar refractivity (Wildman–Crippen MR) is 100 cm³/mol. The summed E-state index contributed by atoms with van der Waals surface area (Å²) in [4.78, 5) is 0. The van der Waals surface area contributed by atoms with E-state index in [4.69, 9.17) is 10.5 Å². The van der Waals surface area contributed by atoms with Gasteiger partial charge in [0, 0.05) is 11.1 Å². The van der Waals surface area contributed by atoms with Crippen LogP contribution in [0.1, 0.15) is 36.1 Å². The average molecular weight is 310 g/mol. The molecule has 2 heteroatoms. The van der Waals surface area contributed by atoms with E-state index >= 15 is 0 Å². The quantitative estimate of drug-likeness (QED) is 0.536. The minimum Gasteiger partial charge on any atom is -0.193 e. The summed E-state index contributed by atoms with van der Waals surface area (Å²) in [6.45, 7) is 3.59. The molecule has 116 valence electrons. The molecule has 0 aliphatic rings. The fraction of sp³-hybridized carbons (Fsp3) is 0.0909. The van der Waals surface area contributed by atoms with E-state index in [1.165, 1.54) is 0 Å². The summed E-state index contributed by atoms with van der Waals surface area (Å²) in [5, 5.41) is 17.6. The molecule has 2 aromatic rings. The molecule has 0 heterocycles. The van der Waals surface area contributed by atoms with E-state index in [0.717, 1.165) is 22.3 Å². The topological polar surface area (TPSA) is 47.6 Å². The van der Waals surface area contributed by atoms with E-state index in [-0.39, 0.29) is 0 Å². The molecule has 2 aromatic carbocycles. The molecular formula is C22H18N2. The zero-order valence-corrected chi connectivity index (χ0v) is 13.8. The van der Waals surface area contributed by atoms with Gasteiger partial charge in [-0.15, -0.1) is 0 Å². The van der Waals surface area contributed by atoms with E-state index in [0.29, 0.717) is 11.1 Å². The highest BCUT2D eigenvalue weighted by Gasteiger charge is 1.93. The van der Waals surface area contributed by atoms with E-state index < -0.39 is 0 Å². The zero-order chi connectivity index (χ0) is 17.4. The Morgan fingerprint density at radius 3 is 1.21 bits per heavy atom. The molecule has 0 saturated carbocycles. The molecule has 0 aromatic heterocycles. The van der Waals surface area contributed by atoms with Gasteiger partial charge in [-0.3, -0.25) is 0 Å². The molecule has 0 atom stereocenters. The molecule has 2 nitrogen and oxygen atoms in total. The average Bonchev–Trinajstić information content (AvgIpc) is 2.62. The molecule has 0 spiro atoms. The lowest BCUT2D eigenvalue weighted by Gasteiger charge is -1.98. The van der Waals surface area contributed by atoms with Gasteiger partial charge in [0.05, 0.1) is 12.1 Å². The van der Waals surface area contributed by atoms with Crippen molar-refractivity contribution in [1.29, 1.82) is 10.5 Å². The van der Waals surface area contributed by atoms with Gasteiger partial charge in [0.1, 0.15) is 0 Å². The van der Waals surface area contributed by atoms with E-state index in [9.17, 15) is 0 Å². The zero-order valence-electron chi connectivity index (χ0n) is 13.8. The highest BCUT2D eigenvalue weighted by atomic mass is 14.2. The maximum Gasteiger partial charge on any atom is 0.0944 e. The third-order valence-electron chi connectivity index (χ3n) is 3.46. The van der Waals surface area contributed by atoms with Crippen LogP contribution in [0.3, 0.4) is 0 Å². The standard InChI is InChI=1S/C22H18N2/c1-17(15-23)13-21-9-5-19(6-10-21)3-4-20-7-11-22(12-8-20)14-18(2)16-24/h3-14H,1-2H3/b4-3+,17-13-,18-14-. The first-order valence-corrected chi connectivity index (χ1v) is 7.66. The summed E-state index contributed by atoms with van der Waals surface area (Å²) in [6.07, 6.45) is 7.83. The minimum atomic E-state index is 0.694. The van der Waals surface area contributed by atoms with Crippen LogP contribution in [0.5, 0.6) is 0 Å². The van der Waals surface area contributed by atoms with Gasteiger partial charge in [-0.2, -0.15) is 10.5 Å². The normalized spacial score (nSPS) is 12.0. The molecule has 0 N–H and O–H groups in total. The lowest BCUT2D eigenvalue weighted by Crippen LogP contribution is -1.78. The number of rotatable bonds is 4. The van der Waals surface area contributed by atoms with Crippen LogP contribution in [-0.4, -0.2) is 0 Å².